The largest absolute Gasteiger partial charge is 0.465 e. The summed E-state index contributed by atoms with van der Waals surface area (Å²) in [6.45, 7) is 2.00. The molecule has 0 bridgehead atoms. The van der Waals surface area contributed by atoms with Crippen LogP contribution in [0.1, 0.15) is 17.3 Å². The predicted octanol–water partition coefficient (Wildman–Crippen LogP) is 1.69. The van der Waals surface area contributed by atoms with Gasteiger partial charge < -0.3 is 4.74 Å². The molecule has 30 heavy (non-hydrogen) atoms. The Morgan fingerprint density at radius 3 is 2.60 bits per heavy atom. The highest BCUT2D eigenvalue weighted by Gasteiger charge is 2.46. The first-order chi connectivity index (χ1) is 14.5. The number of fused-ring (bicyclic) bond motifs is 1. The number of esters is 1. The number of aryl methyl sites for hydroxylation is 1. The lowest BCUT2D eigenvalue weighted by Crippen LogP contribution is -2.51. The van der Waals surface area contributed by atoms with Crippen molar-refractivity contribution in [2.24, 2.45) is 13.0 Å². The lowest BCUT2D eigenvalue weighted by Gasteiger charge is -2.30. The molecule has 1 aliphatic heterocycles. The monoisotopic (exact) mass is 407 g/mol. The Morgan fingerprint density at radius 1 is 1.17 bits per heavy atom. The van der Waals surface area contributed by atoms with Gasteiger partial charge in [0.25, 0.3) is 11.8 Å². The summed E-state index contributed by atoms with van der Waals surface area (Å²) in [5.74, 6) is -3.39. The molecular formula is C21H21N5O4. The molecule has 0 saturated heterocycles. The minimum absolute atomic E-state index is 0.0762. The van der Waals surface area contributed by atoms with E-state index in [0.717, 1.165) is 10.2 Å². The summed E-state index contributed by atoms with van der Waals surface area (Å²) < 4.78 is 7.72. The first-order valence-corrected chi connectivity index (χ1v) is 9.65. The van der Waals surface area contributed by atoms with Gasteiger partial charge in [-0.1, -0.05) is 30.3 Å². The molecule has 2 aromatic heterocycles. The molecule has 9 nitrogen and oxygen atoms in total. The Labute approximate surface area is 172 Å². The highest BCUT2D eigenvalue weighted by molar-refractivity contribution is 6.23. The van der Waals surface area contributed by atoms with Crippen molar-refractivity contribution in [3.8, 4) is 11.3 Å². The van der Waals surface area contributed by atoms with E-state index in [1.165, 1.54) is 4.90 Å². The zero-order chi connectivity index (χ0) is 21.3. The van der Waals surface area contributed by atoms with Gasteiger partial charge >= 0.3 is 5.97 Å². The van der Waals surface area contributed by atoms with Crippen LogP contribution in [0.5, 0.6) is 0 Å². The zero-order valence-corrected chi connectivity index (χ0v) is 16.7. The molecular weight excluding hydrogens is 386 g/mol. The number of hydrogen-bond donors (Lipinski definition) is 0. The fourth-order valence-electron chi connectivity index (χ4n) is 3.45. The molecule has 0 fully saturated rings. The van der Waals surface area contributed by atoms with E-state index in [1.807, 2.05) is 30.3 Å². The second-order valence-corrected chi connectivity index (χ2v) is 6.95. The number of carbonyl (C=O) groups is 3. The number of amides is 1. The number of rotatable bonds is 6. The molecule has 0 saturated carbocycles. The van der Waals surface area contributed by atoms with E-state index in [4.69, 9.17) is 4.74 Å². The first-order valence-electron chi connectivity index (χ1n) is 9.65. The quantitative estimate of drug-likeness (QED) is 0.455. The van der Waals surface area contributed by atoms with Gasteiger partial charge in [-0.25, -0.2) is 0 Å². The highest BCUT2D eigenvalue weighted by atomic mass is 16.5. The fourth-order valence-corrected chi connectivity index (χ4v) is 3.45. The summed E-state index contributed by atoms with van der Waals surface area (Å²) in [7, 11) is 1.77. The molecule has 1 aromatic carbocycles. The van der Waals surface area contributed by atoms with Crippen LogP contribution in [-0.4, -0.2) is 50.5 Å². The summed E-state index contributed by atoms with van der Waals surface area (Å²) in [6, 6.07) is 11.3. The van der Waals surface area contributed by atoms with Crippen LogP contribution in [0.2, 0.25) is 0 Å². The van der Waals surface area contributed by atoms with Gasteiger partial charge in [0.15, 0.2) is 0 Å². The van der Waals surface area contributed by atoms with Crippen LogP contribution in [-0.2, 0) is 27.8 Å². The molecule has 9 heteroatoms. The molecule has 154 valence electrons. The Morgan fingerprint density at radius 2 is 1.93 bits per heavy atom. The standard InChI is InChI=1S/C21H21N5O4/c1-3-30-21(29)18-19(27)25(10-9-14-7-5-4-6-8-14)17-11-16(23-26(17)20(18)28)15-12-22-24(2)13-15/h4-8,11-13,18H,3,9-10H2,1-2H3. The van der Waals surface area contributed by atoms with Crippen molar-refractivity contribution in [3.63, 3.8) is 0 Å². The molecule has 3 heterocycles. The Hall–Kier alpha value is -3.75. The summed E-state index contributed by atoms with van der Waals surface area (Å²) in [5.41, 5.74) is 2.23. The minimum atomic E-state index is -1.56. The van der Waals surface area contributed by atoms with Gasteiger partial charge in [-0.05, 0) is 18.9 Å². The van der Waals surface area contributed by atoms with Crippen LogP contribution < -0.4 is 4.90 Å². The third-order valence-corrected chi connectivity index (χ3v) is 4.93. The molecule has 1 amide bonds. The van der Waals surface area contributed by atoms with Crippen molar-refractivity contribution in [2.75, 3.05) is 18.1 Å². The van der Waals surface area contributed by atoms with Crippen molar-refractivity contribution in [1.82, 2.24) is 19.6 Å². The van der Waals surface area contributed by atoms with E-state index in [2.05, 4.69) is 10.2 Å². The molecule has 0 aliphatic carbocycles. The Kier molecular flexibility index (Phi) is 5.18. The van der Waals surface area contributed by atoms with E-state index in [0.29, 0.717) is 30.0 Å². The predicted molar refractivity (Wildman–Crippen MR) is 108 cm³/mol. The number of benzene rings is 1. The average molecular weight is 407 g/mol. The average Bonchev–Trinajstić information content (AvgIpc) is 3.36. The topological polar surface area (TPSA) is 99.3 Å². The number of ether oxygens (including phenoxy) is 1. The van der Waals surface area contributed by atoms with Gasteiger partial charge in [0.05, 0.1) is 18.5 Å². The Balaban J connectivity index is 1.72. The third-order valence-electron chi connectivity index (χ3n) is 4.93. The number of anilines is 1. The Bertz CT molecular complexity index is 1100. The SMILES string of the molecule is CCOC(=O)C1C(=O)N(CCc2ccccc2)c2cc(-c3cnn(C)c3)nn2C1=O. The van der Waals surface area contributed by atoms with Crippen molar-refractivity contribution >= 4 is 23.6 Å². The molecule has 4 rings (SSSR count). The number of aromatic nitrogens is 4. The lowest BCUT2D eigenvalue weighted by molar-refractivity contribution is -0.149. The second kappa shape index (κ2) is 7.94. The molecule has 1 atom stereocenters. The van der Waals surface area contributed by atoms with E-state index < -0.39 is 23.7 Å². The maximum absolute atomic E-state index is 13.1. The minimum Gasteiger partial charge on any atom is -0.465 e. The van der Waals surface area contributed by atoms with E-state index in [1.54, 1.807) is 37.1 Å². The summed E-state index contributed by atoms with van der Waals surface area (Å²) in [6.07, 6.45) is 3.94. The van der Waals surface area contributed by atoms with Crippen LogP contribution >= 0.6 is 0 Å². The van der Waals surface area contributed by atoms with E-state index in [-0.39, 0.29) is 6.61 Å². The van der Waals surface area contributed by atoms with Crippen molar-refractivity contribution in [3.05, 3.63) is 54.4 Å². The van der Waals surface area contributed by atoms with Gasteiger partial charge in [0, 0.05) is 31.4 Å². The van der Waals surface area contributed by atoms with Gasteiger partial charge in [0.1, 0.15) is 5.82 Å². The van der Waals surface area contributed by atoms with Crippen LogP contribution in [0.25, 0.3) is 11.3 Å². The van der Waals surface area contributed by atoms with Crippen LogP contribution in [0.3, 0.4) is 0 Å². The van der Waals surface area contributed by atoms with Crippen molar-refractivity contribution < 1.29 is 19.1 Å². The lowest BCUT2D eigenvalue weighted by atomic mass is 10.0. The summed E-state index contributed by atoms with van der Waals surface area (Å²) in [5, 5.41) is 8.48. The van der Waals surface area contributed by atoms with Crippen molar-refractivity contribution in [2.45, 2.75) is 13.3 Å². The maximum Gasteiger partial charge on any atom is 0.328 e. The fraction of sp³-hybridized carbons (Fsp3) is 0.286. The number of nitrogens with zero attached hydrogens (tertiary/aromatic N) is 5. The number of hydrogen-bond acceptors (Lipinski definition) is 6. The van der Waals surface area contributed by atoms with E-state index in [9.17, 15) is 14.4 Å². The highest BCUT2D eigenvalue weighted by Crippen LogP contribution is 2.30. The van der Waals surface area contributed by atoms with Crippen LogP contribution in [0.4, 0.5) is 5.82 Å². The van der Waals surface area contributed by atoms with Gasteiger partial charge in [-0.3, -0.25) is 24.0 Å². The van der Waals surface area contributed by atoms with E-state index >= 15 is 0 Å². The first kappa shape index (κ1) is 19.6. The number of carbonyl (C=O) groups excluding carboxylic acids is 3. The van der Waals surface area contributed by atoms with Gasteiger partial charge in [-0.2, -0.15) is 14.9 Å². The molecule has 3 aromatic rings. The summed E-state index contributed by atoms with van der Waals surface area (Å²) >= 11 is 0. The third kappa shape index (κ3) is 3.49. The normalized spacial score (nSPS) is 15.9. The van der Waals surface area contributed by atoms with Crippen molar-refractivity contribution in [1.29, 1.82) is 0 Å². The van der Waals surface area contributed by atoms with Gasteiger partial charge in [-0.15, -0.1) is 0 Å². The zero-order valence-electron chi connectivity index (χ0n) is 16.7. The smallest absolute Gasteiger partial charge is 0.328 e. The second-order valence-electron chi connectivity index (χ2n) is 6.95. The molecule has 1 unspecified atom stereocenters. The maximum atomic E-state index is 13.1. The molecule has 1 aliphatic rings. The van der Waals surface area contributed by atoms with Gasteiger partial charge in [0.2, 0.25) is 5.92 Å². The molecule has 0 radical (unpaired) electrons. The summed E-state index contributed by atoms with van der Waals surface area (Å²) in [4.78, 5) is 39.9. The molecule has 0 spiro atoms. The van der Waals surface area contributed by atoms with Crippen LogP contribution in [0, 0.1) is 5.92 Å². The van der Waals surface area contributed by atoms with Crippen LogP contribution in [0.15, 0.2) is 48.8 Å². The molecule has 0 N–H and O–H groups in total.